The van der Waals surface area contributed by atoms with E-state index < -0.39 is 15.4 Å². The maximum Gasteiger partial charge on any atom is 0.235 e. The first-order valence-electron chi connectivity index (χ1n) is 6.20. The van der Waals surface area contributed by atoms with Crippen LogP contribution in [0.4, 0.5) is 0 Å². The summed E-state index contributed by atoms with van der Waals surface area (Å²) in [7, 11) is -2.89. The van der Waals surface area contributed by atoms with Crippen molar-refractivity contribution < 1.29 is 17.9 Å². The molecular formula is C13H12BrNO4S. The van der Waals surface area contributed by atoms with Crippen molar-refractivity contribution in [3.63, 3.8) is 0 Å². The summed E-state index contributed by atoms with van der Waals surface area (Å²) in [5, 5.41) is 0. The molecule has 1 saturated carbocycles. The minimum Gasteiger partial charge on any atom is -0.487 e. The molecule has 0 spiro atoms. The fraction of sp³-hybridized carbons (Fsp3) is 0.462. The van der Waals surface area contributed by atoms with Crippen LogP contribution in [0.2, 0.25) is 0 Å². The number of ether oxygens (including phenoxy) is 1. The van der Waals surface area contributed by atoms with Gasteiger partial charge in [0, 0.05) is 0 Å². The van der Waals surface area contributed by atoms with Crippen molar-refractivity contribution in [1.82, 2.24) is 0 Å². The van der Waals surface area contributed by atoms with Crippen LogP contribution < -0.4 is 4.74 Å². The summed E-state index contributed by atoms with van der Waals surface area (Å²) < 4.78 is 28.6. The molecule has 1 saturated heterocycles. The summed E-state index contributed by atoms with van der Waals surface area (Å²) in [4.78, 5) is 14.3. The second-order valence-electron chi connectivity index (χ2n) is 5.20. The molecule has 3 rings (SSSR count). The summed E-state index contributed by atoms with van der Waals surface area (Å²) in [6.07, 6.45) is 3.04. The van der Waals surface area contributed by atoms with Gasteiger partial charge in [0.2, 0.25) is 6.08 Å². The summed E-state index contributed by atoms with van der Waals surface area (Å²) in [6, 6.07) is 5.52. The zero-order chi connectivity index (χ0) is 14.4. The Kier molecular flexibility index (Phi) is 3.23. The second-order valence-corrected chi connectivity index (χ2v) is 8.20. The first-order valence-corrected chi connectivity index (χ1v) is 8.82. The van der Waals surface area contributed by atoms with Crippen molar-refractivity contribution in [2.75, 3.05) is 11.5 Å². The summed E-state index contributed by atoms with van der Waals surface area (Å²) >= 11 is 3.41. The van der Waals surface area contributed by atoms with Crippen LogP contribution in [-0.2, 0) is 20.2 Å². The average Bonchev–Trinajstić information content (AvgIpc) is 3.11. The van der Waals surface area contributed by atoms with Crippen molar-refractivity contribution in [3.05, 3.63) is 28.2 Å². The lowest BCUT2D eigenvalue weighted by atomic mass is 10.1. The molecule has 1 aliphatic carbocycles. The van der Waals surface area contributed by atoms with Gasteiger partial charge < -0.3 is 4.74 Å². The zero-order valence-corrected chi connectivity index (χ0v) is 12.9. The molecule has 1 aromatic rings. The van der Waals surface area contributed by atoms with Gasteiger partial charge in [0.25, 0.3) is 0 Å². The van der Waals surface area contributed by atoms with E-state index in [1.165, 1.54) is 0 Å². The smallest absolute Gasteiger partial charge is 0.235 e. The maximum absolute atomic E-state index is 11.1. The van der Waals surface area contributed by atoms with E-state index in [1.807, 2.05) is 12.1 Å². The van der Waals surface area contributed by atoms with E-state index in [9.17, 15) is 13.2 Å². The van der Waals surface area contributed by atoms with Crippen LogP contribution in [0.15, 0.2) is 27.7 Å². The van der Waals surface area contributed by atoms with Gasteiger partial charge in [0.05, 0.1) is 21.5 Å². The SMILES string of the molecule is O=C=NC1(c2ccc(OC3CS(=O)(=O)C3)c(Br)c2)CC1. The van der Waals surface area contributed by atoms with Crippen molar-refractivity contribution in [1.29, 1.82) is 0 Å². The third kappa shape index (κ3) is 2.53. The van der Waals surface area contributed by atoms with Crippen LogP contribution in [0.5, 0.6) is 5.75 Å². The van der Waals surface area contributed by atoms with Crippen molar-refractivity contribution in [3.8, 4) is 5.75 Å². The van der Waals surface area contributed by atoms with Gasteiger partial charge in [-0.3, -0.25) is 0 Å². The Morgan fingerprint density at radius 2 is 2.05 bits per heavy atom. The molecular weight excluding hydrogens is 346 g/mol. The van der Waals surface area contributed by atoms with E-state index in [1.54, 1.807) is 12.1 Å². The van der Waals surface area contributed by atoms with E-state index in [2.05, 4.69) is 20.9 Å². The Balaban J connectivity index is 1.77. The predicted molar refractivity (Wildman–Crippen MR) is 76.2 cm³/mol. The third-order valence-corrected chi connectivity index (χ3v) is 6.00. The lowest BCUT2D eigenvalue weighted by Crippen LogP contribution is -2.45. The molecule has 1 aromatic carbocycles. The lowest BCUT2D eigenvalue weighted by Gasteiger charge is -2.27. The molecule has 7 heteroatoms. The molecule has 5 nitrogen and oxygen atoms in total. The molecule has 0 atom stereocenters. The number of halogens is 1. The topological polar surface area (TPSA) is 72.8 Å². The fourth-order valence-corrected chi connectivity index (χ4v) is 3.97. The highest BCUT2D eigenvalue weighted by atomic mass is 79.9. The van der Waals surface area contributed by atoms with Crippen LogP contribution in [0.25, 0.3) is 0 Å². The van der Waals surface area contributed by atoms with Gasteiger partial charge in [-0.1, -0.05) is 6.07 Å². The Morgan fingerprint density at radius 1 is 1.35 bits per heavy atom. The number of sulfone groups is 1. The van der Waals surface area contributed by atoms with E-state index in [0.717, 1.165) is 22.9 Å². The standard InChI is InChI=1S/C13H12BrNO4S/c14-11-5-9(13(3-4-13)15-8-16)1-2-12(11)19-10-6-20(17,18)7-10/h1-2,5,10H,3-4,6-7H2. The molecule has 1 heterocycles. The third-order valence-electron chi connectivity index (χ3n) is 3.63. The molecule has 0 unspecified atom stereocenters. The van der Waals surface area contributed by atoms with E-state index in [4.69, 9.17) is 4.74 Å². The van der Waals surface area contributed by atoms with Crippen LogP contribution in [0, 0.1) is 0 Å². The molecule has 106 valence electrons. The van der Waals surface area contributed by atoms with Crippen molar-refractivity contribution in [2.45, 2.75) is 24.5 Å². The van der Waals surface area contributed by atoms with Gasteiger partial charge in [-0.25, -0.2) is 13.2 Å². The summed E-state index contributed by atoms with van der Waals surface area (Å²) in [5.41, 5.74) is 0.532. The Morgan fingerprint density at radius 3 is 2.55 bits per heavy atom. The van der Waals surface area contributed by atoms with E-state index in [0.29, 0.717) is 5.75 Å². The number of rotatable bonds is 4. The molecule has 20 heavy (non-hydrogen) atoms. The number of carbonyl (C=O) groups excluding carboxylic acids is 1. The maximum atomic E-state index is 11.1. The van der Waals surface area contributed by atoms with Crippen molar-refractivity contribution in [2.24, 2.45) is 4.99 Å². The van der Waals surface area contributed by atoms with Crippen LogP contribution in [0.1, 0.15) is 18.4 Å². The predicted octanol–water partition coefficient (Wildman–Crippen LogP) is 1.95. The number of isocyanates is 1. The van der Waals surface area contributed by atoms with Gasteiger partial charge in [-0.15, -0.1) is 0 Å². The number of nitrogens with zero attached hydrogens (tertiary/aromatic N) is 1. The molecule has 2 aliphatic rings. The summed E-state index contributed by atoms with van der Waals surface area (Å²) in [5.74, 6) is 0.751. The molecule has 0 amide bonds. The van der Waals surface area contributed by atoms with Gasteiger partial charge >= 0.3 is 0 Å². The van der Waals surface area contributed by atoms with Gasteiger partial charge in [0.15, 0.2) is 9.84 Å². The highest BCUT2D eigenvalue weighted by molar-refractivity contribution is 9.10. The summed E-state index contributed by atoms with van der Waals surface area (Å²) in [6.45, 7) is 0. The largest absolute Gasteiger partial charge is 0.487 e. The highest BCUT2D eigenvalue weighted by Gasteiger charge is 2.45. The normalized spacial score (nSPS) is 22.4. The van der Waals surface area contributed by atoms with E-state index in [-0.39, 0.29) is 17.6 Å². The monoisotopic (exact) mass is 357 g/mol. The Bertz CT molecular complexity index is 693. The minimum atomic E-state index is -2.89. The van der Waals surface area contributed by atoms with Gasteiger partial charge in [-0.05, 0) is 46.5 Å². The first-order chi connectivity index (χ1) is 9.44. The molecule has 1 aliphatic heterocycles. The average molecular weight is 358 g/mol. The molecule has 0 N–H and O–H groups in total. The molecule has 0 radical (unpaired) electrons. The second kappa shape index (κ2) is 4.69. The molecule has 0 bridgehead atoms. The highest BCUT2D eigenvalue weighted by Crippen LogP contribution is 2.50. The quantitative estimate of drug-likeness (QED) is 0.609. The fourth-order valence-electron chi connectivity index (χ4n) is 2.32. The lowest BCUT2D eigenvalue weighted by molar-refractivity contribution is 0.229. The van der Waals surface area contributed by atoms with Crippen LogP contribution in [0.3, 0.4) is 0 Å². The van der Waals surface area contributed by atoms with Crippen LogP contribution >= 0.6 is 15.9 Å². The Hall–Kier alpha value is -1.17. The molecule has 2 fully saturated rings. The number of hydrogen-bond donors (Lipinski definition) is 0. The van der Waals surface area contributed by atoms with E-state index >= 15 is 0 Å². The van der Waals surface area contributed by atoms with Crippen molar-refractivity contribution >= 4 is 31.8 Å². The number of aliphatic imine (C=N–C) groups is 1. The zero-order valence-electron chi connectivity index (χ0n) is 10.5. The molecule has 0 aromatic heterocycles. The van der Waals surface area contributed by atoms with Crippen LogP contribution in [-0.4, -0.2) is 32.1 Å². The first kappa shape index (κ1) is 13.8. The number of benzene rings is 1. The Labute approximate surface area is 125 Å². The van der Waals surface area contributed by atoms with Gasteiger partial charge in [0.1, 0.15) is 11.9 Å². The van der Waals surface area contributed by atoms with Gasteiger partial charge in [-0.2, -0.15) is 4.99 Å². The number of hydrogen-bond acceptors (Lipinski definition) is 5. The minimum absolute atomic E-state index is 0.0700.